The molecule has 0 saturated carbocycles. The van der Waals surface area contributed by atoms with Crippen molar-refractivity contribution in [2.24, 2.45) is 0 Å². The second kappa shape index (κ2) is 11.2. The number of nitrogens with zero attached hydrogens (tertiary/aromatic N) is 2. The van der Waals surface area contributed by atoms with Gasteiger partial charge in [0.2, 0.25) is 0 Å². The zero-order chi connectivity index (χ0) is 35.3. The van der Waals surface area contributed by atoms with Gasteiger partial charge in [-0.05, 0) is 93.0 Å². The monoisotopic (exact) mass is 676 g/mol. The number of rotatable bonds is 4. The molecule has 53 heavy (non-hydrogen) atoms. The maximum absolute atomic E-state index is 2.54. The van der Waals surface area contributed by atoms with Crippen molar-refractivity contribution in [1.82, 2.24) is 9.13 Å². The van der Waals surface area contributed by atoms with E-state index < -0.39 is 0 Å². The van der Waals surface area contributed by atoms with Gasteiger partial charge in [0.1, 0.15) is 0 Å². The first-order valence-corrected chi connectivity index (χ1v) is 18.5. The molecule has 0 amide bonds. The van der Waals surface area contributed by atoms with E-state index in [1.54, 1.807) is 0 Å². The molecule has 2 aromatic heterocycles. The third-order valence-electron chi connectivity index (χ3n) is 11.7. The van der Waals surface area contributed by atoms with Crippen LogP contribution in [0.15, 0.2) is 182 Å². The summed E-state index contributed by atoms with van der Waals surface area (Å²) >= 11 is 0. The Kier molecular flexibility index (Phi) is 6.33. The summed E-state index contributed by atoms with van der Waals surface area (Å²) < 4.78 is 5.02. The van der Waals surface area contributed by atoms with E-state index in [1.165, 1.54) is 93.8 Å². The first-order valence-electron chi connectivity index (χ1n) is 18.5. The standard InChI is InChI=1S/C51H36N2/c1-51(2)44-24-12-9-20-38(44)41-23-15-27-47(50(41)51)53-46-26-14-11-22-40(46)43-31-42-39-21-10-13-25-45(39)52(48(42)32-49(43)53)37-29-35(33-16-5-3-6-17-33)28-36(30-37)34-18-7-4-8-19-34/h3-32H,1-2H3. The lowest BCUT2D eigenvalue weighted by molar-refractivity contribution is 0.656. The molecule has 0 fully saturated rings. The number of fused-ring (bicyclic) bond motifs is 9. The van der Waals surface area contributed by atoms with E-state index in [0.717, 1.165) is 5.69 Å². The minimum absolute atomic E-state index is 0.148. The average Bonchev–Trinajstić information content (AvgIpc) is 3.80. The molecule has 2 heteroatoms. The van der Waals surface area contributed by atoms with Crippen LogP contribution in [0.5, 0.6) is 0 Å². The zero-order valence-corrected chi connectivity index (χ0v) is 29.7. The van der Waals surface area contributed by atoms with E-state index in [9.17, 15) is 0 Å². The van der Waals surface area contributed by atoms with E-state index in [0.29, 0.717) is 0 Å². The molecule has 0 aliphatic heterocycles. The number of hydrogen-bond acceptors (Lipinski definition) is 0. The van der Waals surface area contributed by atoms with Crippen LogP contribution in [0.25, 0.3) is 88.4 Å². The minimum Gasteiger partial charge on any atom is -0.309 e. The summed E-state index contributed by atoms with van der Waals surface area (Å²) in [5, 5.41) is 5.05. The molecule has 0 saturated heterocycles. The molecule has 1 aliphatic carbocycles. The van der Waals surface area contributed by atoms with Crippen LogP contribution in [-0.4, -0.2) is 9.13 Å². The fourth-order valence-electron chi connectivity index (χ4n) is 9.31. The lowest BCUT2D eigenvalue weighted by Gasteiger charge is -2.25. The molecule has 0 N–H and O–H groups in total. The molecule has 0 unspecified atom stereocenters. The normalized spacial score (nSPS) is 13.2. The summed E-state index contributed by atoms with van der Waals surface area (Å²) in [6.45, 7) is 4.77. The van der Waals surface area contributed by atoms with Crippen LogP contribution < -0.4 is 0 Å². The topological polar surface area (TPSA) is 9.86 Å². The lowest BCUT2D eigenvalue weighted by Crippen LogP contribution is -2.18. The van der Waals surface area contributed by atoms with Crippen molar-refractivity contribution in [2.45, 2.75) is 19.3 Å². The van der Waals surface area contributed by atoms with Crippen LogP contribution in [-0.2, 0) is 5.41 Å². The van der Waals surface area contributed by atoms with Gasteiger partial charge < -0.3 is 9.13 Å². The van der Waals surface area contributed by atoms with Crippen molar-refractivity contribution < 1.29 is 0 Å². The highest BCUT2D eigenvalue weighted by atomic mass is 15.0. The van der Waals surface area contributed by atoms with Crippen LogP contribution in [0.4, 0.5) is 0 Å². The molecule has 0 atom stereocenters. The quantitative estimate of drug-likeness (QED) is 0.176. The highest BCUT2D eigenvalue weighted by Crippen LogP contribution is 2.52. The Labute approximate surface area is 308 Å². The summed E-state index contributed by atoms with van der Waals surface area (Å²) in [6, 6.07) is 67.1. The van der Waals surface area contributed by atoms with Crippen molar-refractivity contribution in [2.75, 3.05) is 0 Å². The Hall–Kier alpha value is -6.64. The van der Waals surface area contributed by atoms with Crippen LogP contribution in [0, 0.1) is 0 Å². The summed E-state index contributed by atoms with van der Waals surface area (Å²) in [4.78, 5) is 0. The molecular formula is C51H36N2. The van der Waals surface area contributed by atoms with E-state index >= 15 is 0 Å². The van der Waals surface area contributed by atoms with Crippen molar-refractivity contribution in [1.29, 1.82) is 0 Å². The lowest BCUT2D eigenvalue weighted by atomic mass is 9.81. The number of para-hydroxylation sites is 2. The number of aromatic nitrogens is 2. The van der Waals surface area contributed by atoms with Crippen LogP contribution in [0.3, 0.4) is 0 Å². The van der Waals surface area contributed by atoms with Gasteiger partial charge in [-0.25, -0.2) is 0 Å². The molecule has 0 radical (unpaired) electrons. The van der Waals surface area contributed by atoms with Gasteiger partial charge in [0.15, 0.2) is 0 Å². The summed E-state index contributed by atoms with van der Waals surface area (Å²) in [5.41, 5.74) is 17.3. The van der Waals surface area contributed by atoms with Crippen LogP contribution in [0.2, 0.25) is 0 Å². The number of hydrogen-bond donors (Lipinski definition) is 0. The summed E-state index contributed by atoms with van der Waals surface area (Å²) in [5.74, 6) is 0. The van der Waals surface area contributed by atoms with E-state index in [1.807, 2.05) is 0 Å². The Morgan fingerprint density at radius 3 is 1.55 bits per heavy atom. The van der Waals surface area contributed by atoms with Crippen molar-refractivity contribution >= 4 is 43.6 Å². The summed E-state index contributed by atoms with van der Waals surface area (Å²) in [6.07, 6.45) is 0. The zero-order valence-electron chi connectivity index (χ0n) is 29.7. The fraction of sp³-hybridized carbons (Fsp3) is 0.0588. The largest absolute Gasteiger partial charge is 0.309 e. The molecule has 8 aromatic carbocycles. The SMILES string of the molecule is CC1(C)c2ccccc2-c2cccc(-n3c4ccccc4c4cc5c6ccccc6n(-c6cc(-c7ccccc7)cc(-c7ccccc7)c6)c5cc43)c21. The highest BCUT2D eigenvalue weighted by Gasteiger charge is 2.38. The van der Waals surface area contributed by atoms with E-state index in [4.69, 9.17) is 0 Å². The van der Waals surface area contributed by atoms with Crippen molar-refractivity contribution in [3.05, 3.63) is 193 Å². The predicted octanol–water partition coefficient (Wildman–Crippen LogP) is 13.5. The predicted molar refractivity (Wildman–Crippen MR) is 224 cm³/mol. The third kappa shape index (κ3) is 4.33. The second-order valence-electron chi connectivity index (χ2n) is 15.0. The van der Waals surface area contributed by atoms with Gasteiger partial charge >= 0.3 is 0 Å². The van der Waals surface area contributed by atoms with Crippen molar-refractivity contribution in [3.8, 4) is 44.8 Å². The molecule has 1 aliphatic rings. The average molecular weight is 677 g/mol. The molecule has 2 heterocycles. The van der Waals surface area contributed by atoms with Crippen LogP contribution >= 0.6 is 0 Å². The van der Waals surface area contributed by atoms with Gasteiger partial charge in [0.25, 0.3) is 0 Å². The fourth-order valence-corrected chi connectivity index (χ4v) is 9.31. The first kappa shape index (κ1) is 30.0. The summed E-state index contributed by atoms with van der Waals surface area (Å²) in [7, 11) is 0. The molecule has 250 valence electrons. The Balaban J connectivity index is 1.25. The van der Waals surface area contributed by atoms with Crippen molar-refractivity contribution in [3.63, 3.8) is 0 Å². The van der Waals surface area contributed by atoms with Gasteiger partial charge in [0.05, 0.1) is 27.8 Å². The third-order valence-corrected chi connectivity index (χ3v) is 11.7. The molecule has 11 rings (SSSR count). The highest BCUT2D eigenvalue weighted by molar-refractivity contribution is 6.19. The Morgan fingerprint density at radius 1 is 0.358 bits per heavy atom. The van der Waals surface area contributed by atoms with Crippen LogP contribution in [0.1, 0.15) is 25.0 Å². The first-order chi connectivity index (χ1) is 26.1. The Morgan fingerprint density at radius 2 is 0.887 bits per heavy atom. The van der Waals surface area contributed by atoms with Gasteiger partial charge in [-0.2, -0.15) is 0 Å². The molecule has 2 nitrogen and oxygen atoms in total. The molecule has 0 bridgehead atoms. The Bertz CT molecular complexity index is 3010. The van der Waals surface area contributed by atoms with E-state index in [-0.39, 0.29) is 5.41 Å². The van der Waals surface area contributed by atoms with Gasteiger partial charge in [-0.15, -0.1) is 0 Å². The van der Waals surface area contributed by atoms with Gasteiger partial charge in [-0.1, -0.05) is 147 Å². The second-order valence-corrected chi connectivity index (χ2v) is 15.0. The maximum Gasteiger partial charge on any atom is 0.0562 e. The molecule has 10 aromatic rings. The maximum atomic E-state index is 2.54. The molecular weight excluding hydrogens is 641 g/mol. The van der Waals surface area contributed by atoms with Gasteiger partial charge in [0, 0.05) is 32.6 Å². The van der Waals surface area contributed by atoms with Gasteiger partial charge in [-0.3, -0.25) is 0 Å². The smallest absolute Gasteiger partial charge is 0.0562 e. The molecule has 0 spiro atoms. The minimum atomic E-state index is -0.148. The number of benzene rings is 8. The van der Waals surface area contributed by atoms with E-state index in [2.05, 4.69) is 205 Å².